The Bertz CT molecular complexity index is 820. The highest BCUT2D eigenvalue weighted by atomic mass is 16.5. The summed E-state index contributed by atoms with van der Waals surface area (Å²) in [5, 5.41) is 0.941. The lowest BCUT2D eigenvalue weighted by Crippen LogP contribution is -2.20. The predicted molar refractivity (Wildman–Crippen MR) is 80.4 cm³/mol. The average molecular weight is 265 g/mol. The van der Waals surface area contributed by atoms with Gasteiger partial charge in [-0.15, -0.1) is 0 Å². The SMILES string of the molecule is Cc1c(Oc2ccccc2)c2ccccc2n(C)c1=O. The molecular formula is C17H15NO2. The van der Waals surface area contributed by atoms with Gasteiger partial charge in [0.1, 0.15) is 11.5 Å². The maximum atomic E-state index is 12.3. The second-order valence-corrected chi connectivity index (χ2v) is 4.75. The lowest BCUT2D eigenvalue weighted by Gasteiger charge is -2.14. The molecule has 2 aromatic carbocycles. The van der Waals surface area contributed by atoms with Crippen LogP contribution in [0.2, 0.25) is 0 Å². The van der Waals surface area contributed by atoms with Gasteiger partial charge in [-0.3, -0.25) is 4.79 Å². The third-order valence-corrected chi connectivity index (χ3v) is 3.44. The van der Waals surface area contributed by atoms with Crippen LogP contribution in [0.3, 0.4) is 0 Å². The van der Waals surface area contributed by atoms with Gasteiger partial charge in [0.2, 0.25) is 0 Å². The van der Waals surface area contributed by atoms with Crippen molar-refractivity contribution in [1.82, 2.24) is 4.57 Å². The van der Waals surface area contributed by atoms with E-state index in [2.05, 4.69) is 0 Å². The number of para-hydroxylation sites is 2. The van der Waals surface area contributed by atoms with Gasteiger partial charge in [-0.25, -0.2) is 0 Å². The average Bonchev–Trinajstić information content (AvgIpc) is 2.50. The minimum absolute atomic E-state index is 0.0327. The van der Waals surface area contributed by atoms with Crippen molar-refractivity contribution in [2.45, 2.75) is 6.92 Å². The van der Waals surface area contributed by atoms with Crippen molar-refractivity contribution < 1.29 is 4.74 Å². The summed E-state index contributed by atoms with van der Waals surface area (Å²) in [5.41, 5.74) is 1.46. The highest BCUT2D eigenvalue weighted by Crippen LogP contribution is 2.30. The molecule has 1 heterocycles. The molecule has 3 aromatic rings. The molecule has 1 aromatic heterocycles. The normalized spacial score (nSPS) is 10.7. The number of nitrogens with zero attached hydrogens (tertiary/aromatic N) is 1. The van der Waals surface area contributed by atoms with Crippen molar-refractivity contribution in [3.05, 3.63) is 70.5 Å². The second kappa shape index (κ2) is 4.85. The van der Waals surface area contributed by atoms with Gasteiger partial charge in [-0.1, -0.05) is 30.3 Å². The van der Waals surface area contributed by atoms with E-state index in [9.17, 15) is 4.79 Å². The topological polar surface area (TPSA) is 31.2 Å². The zero-order chi connectivity index (χ0) is 14.1. The molecular weight excluding hydrogens is 250 g/mol. The van der Waals surface area contributed by atoms with Crippen molar-refractivity contribution in [3.8, 4) is 11.5 Å². The largest absolute Gasteiger partial charge is 0.456 e. The first-order chi connectivity index (χ1) is 9.68. The van der Waals surface area contributed by atoms with E-state index in [0.29, 0.717) is 11.3 Å². The molecule has 0 fully saturated rings. The molecule has 3 rings (SSSR count). The number of ether oxygens (including phenoxy) is 1. The molecule has 3 heteroatoms. The zero-order valence-electron chi connectivity index (χ0n) is 11.5. The maximum Gasteiger partial charge on any atom is 0.257 e. The Kier molecular flexibility index (Phi) is 3.03. The molecule has 0 saturated heterocycles. The molecule has 0 radical (unpaired) electrons. The van der Waals surface area contributed by atoms with Gasteiger partial charge in [-0.2, -0.15) is 0 Å². The highest BCUT2D eigenvalue weighted by Gasteiger charge is 2.13. The monoisotopic (exact) mass is 265 g/mol. The van der Waals surface area contributed by atoms with Crippen molar-refractivity contribution in [3.63, 3.8) is 0 Å². The minimum Gasteiger partial charge on any atom is -0.456 e. The standard InChI is InChI=1S/C17H15NO2/c1-12-16(20-13-8-4-3-5-9-13)14-10-6-7-11-15(14)18(2)17(12)19/h3-11H,1-2H3. The molecule has 100 valence electrons. The number of aromatic nitrogens is 1. The quantitative estimate of drug-likeness (QED) is 0.708. The number of aryl methyl sites for hydroxylation is 1. The first kappa shape index (κ1) is 12.5. The number of hydrogen-bond acceptors (Lipinski definition) is 2. The summed E-state index contributed by atoms with van der Waals surface area (Å²) < 4.78 is 7.60. The van der Waals surface area contributed by atoms with Crippen LogP contribution in [-0.4, -0.2) is 4.57 Å². The lowest BCUT2D eigenvalue weighted by atomic mass is 10.1. The number of rotatable bonds is 2. The van der Waals surface area contributed by atoms with Gasteiger partial charge in [0.05, 0.1) is 11.1 Å². The van der Waals surface area contributed by atoms with Gasteiger partial charge in [-0.05, 0) is 31.2 Å². The van der Waals surface area contributed by atoms with Crippen LogP contribution >= 0.6 is 0 Å². The van der Waals surface area contributed by atoms with Gasteiger partial charge >= 0.3 is 0 Å². The molecule has 0 saturated carbocycles. The van der Waals surface area contributed by atoms with E-state index in [1.165, 1.54) is 0 Å². The summed E-state index contributed by atoms with van der Waals surface area (Å²) in [6, 6.07) is 17.3. The third kappa shape index (κ3) is 1.97. The fourth-order valence-electron chi connectivity index (χ4n) is 2.36. The van der Waals surface area contributed by atoms with Gasteiger partial charge < -0.3 is 9.30 Å². The number of fused-ring (bicyclic) bond motifs is 1. The lowest BCUT2D eigenvalue weighted by molar-refractivity contribution is 0.482. The molecule has 0 aliphatic carbocycles. The minimum atomic E-state index is -0.0327. The Labute approximate surface area is 117 Å². The molecule has 0 atom stereocenters. The Morgan fingerprint density at radius 2 is 1.60 bits per heavy atom. The van der Waals surface area contributed by atoms with E-state index in [0.717, 1.165) is 16.7 Å². The summed E-state index contributed by atoms with van der Waals surface area (Å²) in [7, 11) is 1.78. The van der Waals surface area contributed by atoms with Crippen LogP contribution in [0.15, 0.2) is 59.4 Å². The van der Waals surface area contributed by atoms with E-state index < -0.39 is 0 Å². The van der Waals surface area contributed by atoms with Gasteiger partial charge in [0.15, 0.2) is 0 Å². The molecule has 0 aliphatic heterocycles. The molecule has 0 unspecified atom stereocenters. The first-order valence-electron chi connectivity index (χ1n) is 6.49. The maximum absolute atomic E-state index is 12.3. The van der Waals surface area contributed by atoms with Crippen molar-refractivity contribution in [2.24, 2.45) is 7.05 Å². The van der Waals surface area contributed by atoms with Crippen molar-refractivity contribution in [1.29, 1.82) is 0 Å². The van der Waals surface area contributed by atoms with E-state index in [4.69, 9.17) is 4.74 Å². The molecule has 0 aliphatic rings. The number of pyridine rings is 1. The Morgan fingerprint density at radius 1 is 0.950 bits per heavy atom. The fourth-order valence-corrected chi connectivity index (χ4v) is 2.36. The Hall–Kier alpha value is -2.55. The van der Waals surface area contributed by atoms with E-state index >= 15 is 0 Å². The molecule has 0 bridgehead atoms. The van der Waals surface area contributed by atoms with E-state index in [1.54, 1.807) is 18.5 Å². The first-order valence-corrected chi connectivity index (χ1v) is 6.49. The summed E-state index contributed by atoms with van der Waals surface area (Å²) >= 11 is 0. The zero-order valence-corrected chi connectivity index (χ0v) is 11.5. The van der Waals surface area contributed by atoms with Crippen LogP contribution in [0.4, 0.5) is 0 Å². The molecule has 0 spiro atoms. The summed E-state index contributed by atoms with van der Waals surface area (Å²) in [4.78, 5) is 12.3. The predicted octanol–water partition coefficient (Wildman–Crippen LogP) is 3.64. The van der Waals surface area contributed by atoms with Gasteiger partial charge in [0.25, 0.3) is 5.56 Å². The van der Waals surface area contributed by atoms with E-state index in [1.807, 2.05) is 54.6 Å². The van der Waals surface area contributed by atoms with Crippen molar-refractivity contribution >= 4 is 10.9 Å². The molecule has 3 nitrogen and oxygen atoms in total. The number of hydrogen-bond donors (Lipinski definition) is 0. The summed E-state index contributed by atoms with van der Waals surface area (Å²) in [6.07, 6.45) is 0. The van der Waals surface area contributed by atoms with Crippen LogP contribution in [0.1, 0.15) is 5.56 Å². The Balaban J connectivity index is 2.27. The van der Waals surface area contributed by atoms with Gasteiger partial charge in [0, 0.05) is 12.4 Å². The van der Waals surface area contributed by atoms with Crippen LogP contribution in [0, 0.1) is 6.92 Å². The van der Waals surface area contributed by atoms with Crippen LogP contribution in [-0.2, 0) is 7.05 Å². The van der Waals surface area contributed by atoms with Crippen molar-refractivity contribution in [2.75, 3.05) is 0 Å². The third-order valence-electron chi connectivity index (χ3n) is 3.44. The fraction of sp³-hybridized carbons (Fsp3) is 0.118. The second-order valence-electron chi connectivity index (χ2n) is 4.75. The van der Waals surface area contributed by atoms with Crippen LogP contribution in [0.5, 0.6) is 11.5 Å². The summed E-state index contributed by atoms with van der Waals surface area (Å²) in [5.74, 6) is 1.36. The van der Waals surface area contributed by atoms with E-state index in [-0.39, 0.29) is 5.56 Å². The molecule has 0 amide bonds. The smallest absolute Gasteiger partial charge is 0.257 e. The highest BCUT2D eigenvalue weighted by molar-refractivity contribution is 5.86. The summed E-state index contributed by atoms with van der Waals surface area (Å²) in [6.45, 7) is 1.80. The van der Waals surface area contributed by atoms with Crippen LogP contribution in [0.25, 0.3) is 10.9 Å². The number of benzene rings is 2. The molecule has 20 heavy (non-hydrogen) atoms. The molecule has 0 N–H and O–H groups in total. The Morgan fingerprint density at radius 3 is 2.35 bits per heavy atom. The van der Waals surface area contributed by atoms with Crippen LogP contribution < -0.4 is 10.3 Å².